The molecule has 0 aliphatic rings. The fourth-order valence-corrected chi connectivity index (χ4v) is 2.50. The smallest absolute Gasteiger partial charge is 0.415 e. The summed E-state index contributed by atoms with van der Waals surface area (Å²) in [6.45, 7) is 2.32. The zero-order chi connectivity index (χ0) is 21.2. The minimum absolute atomic E-state index is 0.121. The number of non-ortho nitro benzene ring substituents is 1. The molecule has 28 heavy (non-hydrogen) atoms. The average molecular weight is 396 g/mol. The highest BCUT2D eigenvalue weighted by molar-refractivity contribution is 5.97. The van der Waals surface area contributed by atoms with Crippen molar-refractivity contribution >= 4 is 28.3 Å². The van der Waals surface area contributed by atoms with Crippen LogP contribution in [0.25, 0.3) is 11.0 Å². The Morgan fingerprint density at radius 2 is 1.82 bits per heavy atom. The average Bonchev–Trinajstić information content (AvgIpc) is 2.63. The van der Waals surface area contributed by atoms with Gasteiger partial charge in [0.25, 0.3) is 5.69 Å². The Morgan fingerprint density at radius 1 is 1.18 bits per heavy atom. The van der Waals surface area contributed by atoms with Crippen LogP contribution in [0.15, 0.2) is 15.3 Å². The molecule has 1 heterocycles. The third kappa shape index (κ3) is 3.56. The van der Waals surface area contributed by atoms with Gasteiger partial charge in [0.05, 0.1) is 41.6 Å². The second-order valence-corrected chi connectivity index (χ2v) is 5.83. The lowest BCUT2D eigenvalue weighted by Crippen LogP contribution is -2.16. The van der Waals surface area contributed by atoms with Gasteiger partial charge in [0.2, 0.25) is 5.75 Å². The molecule has 2 aromatic rings. The number of nitrogens with zero attached hydrogens (tertiary/aromatic N) is 2. The molecule has 0 radical (unpaired) electrons. The van der Waals surface area contributed by atoms with Gasteiger partial charge in [-0.15, -0.1) is 0 Å². The summed E-state index contributed by atoms with van der Waals surface area (Å²) in [6, 6.07) is 0.971. The van der Waals surface area contributed by atoms with E-state index in [1.165, 1.54) is 28.1 Å². The zero-order valence-electron chi connectivity index (χ0n) is 15.3. The highest BCUT2D eigenvalue weighted by atomic mass is 16.6. The molecular weight excluding hydrogens is 380 g/mol. The number of nitro groups is 2. The maximum atomic E-state index is 12.2. The number of nitro benzene ring substituents is 1. The van der Waals surface area contributed by atoms with Crippen molar-refractivity contribution in [3.05, 3.63) is 42.3 Å². The van der Waals surface area contributed by atoms with E-state index in [2.05, 4.69) is 0 Å². The van der Waals surface area contributed by atoms with Gasteiger partial charge in [-0.2, -0.15) is 0 Å². The van der Waals surface area contributed by atoms with Gasteiger partial charge in [-0.3, -0.25) is 25.0 Å². The molecule has 0 aliphatic carbocycles. The number of hydrogen-bond donors (Lipinski definition) is 0. The molecular formula is C16H16N2O10. The monoisotopic (exact) mass is 396 g/mol. The van der Waals surface area contributed by atoms with E-state index >= 15 is 0 Å². The van der Waals surface area contributed by atoms with Crippen LogP contribution in [0.3, 0.4) is 0 Å². The highest BCUT2D eigenvalue weighted by Crippen LogP contribution is 2.43. The molecule has 12 heteroatoms. The highest BCUT2D eigenvalue weighted by Gasteiger charge is 2.34. The quantitative estimate of drug-likeness (QED) is 0.294. The van der Waals surface area contributed by atoms with Gasteiger partial charge < -0.3 is 18.6 Å². The third-order valence-corrected chi connectivity index (χ3v) is 3.79. The first-order chi connectivity index (χ1) is 13.1. The van der Waals surface area contributed by atoms with Crippen molar-refractivity contribution in [3.8, 4) is 11.5 Å². The van der Waals surface area contributed by atoms with Gasteiger partial charge in [0.1, 0.15) is 12.0 Å². The van der Waals surface area contributed by atoms with Crippen molar-refractivity contribution in [3.63, 3.8) is 0 Å². The molecule has 0 aliphatic heterocycles. The van der Waals surface area contributed by atoms with E-state index in [1.807, 2.05) is 0 Å². The molecule has 0 N–H and O–H groups in total. The summed E-state index contributed by atoms with van der Waals surface area (Å²) in [4.78, 5) is 45.1. The summed E-state index contributed by atoms with van der Waals surface area (Å²) in [6.07, 6.45) is 0. The number of carbonyl (C=O) groups is 1. The minimum Gasteiger partial charge on any atom is -0.492 e. The van der Waals surface area contributed by atoms with Crippen LogP contribution in [0.1, 0.15) is 19.4 Å². The number of rotatable bonds is 7. The topological polar surface area (TPSA) is 161 Å². The third-order valence-electron chi connectivity index (χ3n) is 3.79. The minimum atomic E-state index is -1.38. The molecule has 0 amide bonds. The Labute approximate surface area is 156 Å². The Hall–Kier alpha value is -3.70. The van der Waals surface area contributed by atoms with E-state index in [4.69, 9.17) is 18.6 Å². The first kappa shape index (κ1) is 20.6. The second-order valence-electron chi connectivity index (χ2n) is 5.83. The van der Waals surface area contributed by atoms with Gasteiger partial charge in [-0.1, -0.05) is 13.8 Å². The molecule has 1 aromatic heterocycles. The van der Waals surface area contributed by atoms with Crippen LogP contribution in [0.4, 0.5) is 11.4 Å². The lowest BCUT2D eigenvalue weighted by Gasteiger charge is -2.13. The van der Waals surface area contributed by atoms with Crippen LogP contribution >= 0.6 is 0 Å². The van der Waals surface area contributed by atoms with Crippen LogP contribution in [-0.4, -0.2) is 30.0 Å². The van der Waals surface area contributed by atoms with Gasteiger partial charge in [0.15, 0.2) is 11.3 Å². The summed E-state index contributed by atoms with van der Waals surface area (Å²) in [7, 11) is 2.41. The largest absolute Gasteiger partial charge is 0.492 e. The standard InChI is InChI=1S/C16H16N2O10/c1-7(2)15(19)27-6-8-11-9(17(21)22)5-10(25-3)13(26-4)14(11)28-16(20)12(8)18(23)24/h5,7H,6H2,1-4H3. The van der Waals surface area contributed by atoms with Crippen LogP contribution in [0.2, 0.25) is 0 Å². The Kier molecular flexibility index (Phi) is 5.81. The zero-order valence-corrected chi connectivity index (χ0v) is 15.3. The van der Waals surface area contributed by atoms with E-state index < -0.39 is 61.9 Å². The van der Waals surface area contributed by atoms with Crippen molar-refractivity contribution in [1.82, 2.24) is 0 Å². The maximum absolute atomic E-state index is 12.2. The van der Waals surface area contributed by atoms with E-state index in [9.17, 15) is 29.8 Å². The number of methoxy groups -OCH3 is 2. The summed E-state index contributed by atoms with van der Waals surface area (Å²) in [5, 5.41) is 22.6. The Bertz CT molecular complexity index is 1020. The summed E-state index contributed by atoms with van der Waals surface area (Å²) in [5.74, 6) is -1.57. The lowest BCUT2D eigenvalue weighted by molar-refractivity contribution is -0.389. The molecule has 0 atom stereocenters. The SMILES string of the molecule is COc1cc([N+](=O)[O-])c2c(COC(=O)C(C)C)c([N+](=O)[O-])c(=O)oc2c1OC. The van der Waals surface area contributed by atoms with Gasteiger partial charge in [-0.05, 0) is 0 Å². The van der Waals surface area contributed by atoms with Gasteiger partial charge >= 0.3 is 17.3 Å². The van der Waals surface area contributed by atoms with Crippen molar-refractivity contribution in [2.75, 3.05) is 14.2 Å². The summed E-state index contributed by atoms with van der Waals surface area (Å²) < 4.78 is 20.1. The van der Waals surface area contributed by atoms with Crippen molar-refractivity contribution in [2.45, 2.75) is 20.5 Å². The Balaban J connectivity index is 2.98. The van der Waals surface area contributed by atoms with E-state index in [-0.39, 0.29) is 11.5 Å². The van der Waals surface area contributed by atoms with Crippen molar-refractivity contribution in [2.24, 2.45) is 5.92 Å². The molecule has 1 aromatic carbocycles. The fraction of sp³-hybridized carbons (Fsp3) is 0.375. The van der Waals surface area contributed by atoms with E-state index in [0.29, 0.717) is 0 Å². The summed E-state index contributed by atoms with van der Waals surface area (Å²) in [5.41, 5.74) is -4.00. The van der Waals surface area contributed by atoms with Crippen molar-refractivity contribution < 1.29 is 33.3 Å². The van der Waals surface area contributed by atoms with Crippen molar-refractivity contribution in [1.29, 1.82) is 0 Å². The molecule has 2 rings (SSSR count). The molecule has 0 unspecified atom stereocenters. The number of carbonyl (C=O) groups excluding carboxylic acids is 1. The number of esters is 1. The van der Waals surface area contributed by atoms with Crippen LogP contribution < -0.4 is 15.1 Å². The first-order valence-electron chi connectivity index (χ1n) is 7.84. The molecule has 0 bridgehead atoms. The number of fused-ring (bicyclic) bond motifs is 1. The molecule has 12 nitrogen and oxygen atoms in total. The first-order valence-corrected chi connectivity index (χ1v) is 7.84. The van der Waals surface area contributed by atoms with Gasteiger partial charge in [0, 0.05) is 0 Å². The molecule has 0 fully saturated rings. The number of benzene rings is 1. The van der Waals surface area contributed by atoms with E-state index in [0.717, 1.165) is 6.07 Å². The molecule has 0 saturated carbocycles. The Morgan fingerprint density at radius 3 is 2.29 bits per heavy atom. The normalized spacial score (nSPS) is 10.8. The molecule has 0 saturated heterocycles. The maximum Gasteiger partial charge on any atom is 0.415 e. The van der Waals surface area contributed by atoms with Crippen LogP contribution in [0, 0.1) is 26.1 Å². The van der Waals surface area contributed by atoms with Crippen LogP contribution in [0.5, 0.6) is 11.5 Å². The predicted octanol–water partition coefficient (Wildman–Crippen LogP) is 2.33. The summed E-state index contributed by atoms with van der Waals surface area (Å²) >= 11 is 0. The lowest BCUT2D eigenvalue weighted by atomic mass is 10.1. The molecule has 0 spiro atoms. The van der Waals surface area contributed by atoms with E-state index in [1.54, 1.807) is 0 Å². The fourth-order valence-electron chi connectivity index (χ4n) is 2.50. The second kappa shape index (κ2) is 7.90. The number of hydrogen-bond acceptors (Lipinski definition) is 10. The molecule has 150 valence electrons. The van der Waals surface area contributed by atoms with Gasteiger partial charge in [-0.25, -0.2) is 4.79 Å². The number of ether oxygens (including phenoxy) is 3. The predicted molar refractivity (Wildman–Crippen MR) is 93.5 cm³/mol. The van der Waals surface area contributed by atoms with Crippen LogP contribution in [-0.2, 0) is 16.1 Å².